The van der Waals surface area contributed by atoms with Crippen LogP contribution in [-0.4, -0.2) is 17.4 Å². The summed E-state index contributed by atoms with van der Waals surface area (Å²) in [6.45, 7) is 4.18. The van der Waals surface area contributed by atoms with Crippen molar-refractivity contribution < 1.29 is 9.59 Å². The van der Waals surface area contributed by atoms with Gasteiger partial charge in [0.05, 0.1) is 12.6 Å². The highest BCUT2D eigenvalue weighted by Crippen LogP contribution is 2.39. The minimum absolute atomic E-state index is 0.0660. The summed E-state index contributed by atoms with van der Waals surface area (Å²) in [5.74, 6) is -0.0309. The number of carbonyl (C=O) groups is 2. The second-order valence-corrected chi connectivity index (χ2v) is 9.01. The molecule has 0 aliphatic carbocycles. The van der Waals surface area contributed by atoms with Crippen molar-refractivity contribution in [1.29, 1.82) is 0 Å². The molecular weight excluding hydrogens is 386 g/mol. The van der Waals surface area contributed by atoms with Gasteiger partial charge in [0, 0.05) is 29.6 Å². The van der Waals surface area contributed by atoms with Gasteiger partial charge in [0.2, 0.25) is 11.8 Å². The molecule has 1 aliphatic rings. The van der Waals surface area contributed by atoms with E-state index < -0.39 is 5.54 Å². The van der Waals surface area contributed by atoms with Crippen LogP contribution in [0.25, 0.3) is 10.8 Å². The molecule has 0 spiro atoms. The van der Waals surface area contributed by atoms with Gasteiger partial charge in [0.1, 0.15) is 0 Å². The number of nitrogens with two attached hydrogens (primary N) is 1. The molecule has 1 heterocycles. The Bertz CT molecular complexity index is 1100. The van der Waals surface area contributed by atoms with E-state index in [4.69, 9.17) is 5.73 Å². The van der Waals surface area contributed by atoms with Crippen molar-refractivity contribution in [3.05, 3.63) is 77.9 Å². The van der Waals surface area contributed by atoms with Crippen LogP contribution in [0.15, 0.2) is 66.7 Å². The number of rotatable bonds is 5. The summed E-state index contributed by atoms with van der Waals surface area (Å²) in [6, 6.07) is 21.9. The van der Waals surface area contributed by atoms with Crippen LogP contribution in [0.3, 0.4) is 0 Å². The van der Waals surface area contributed by atoms with Crippen LogP contribution in [0, 0.1) is 0 Å². The number of hydrogen-bond acceptors (Lipinski definition) is 3. The smallest absolute Gasteiger partial charge is 0.227 e. The molecule has 0 fully saturated rings. The normalized spacial score (nSPS) is 16.7. The second-order valence-electron chi connectivity index (χ2n) is 9.01. The number of benzene rings is 3. The fourth-order valence-electron chi connectivity index (χ4n) is 4.31. The Morgan fingerprint density at radius 2 is 1.77 bits per heavy atom. The van der Waals surface area contributed by atoms with E-state index >= 15 is 0 Å². The first-order chi connectivity index (χ1) is 14.8. The fraction of sp³-hybridized carbons (Fsp3) is 0.308. The second kappa shape index (κ2) is 8.52. The molecule has 160 valence electrons. The molecule has 3 N–H and O–H groups in total. The standard InChI is InChI=1S/C26H29N3O2/c1-26(2,27)16-23(30)28-21-13-15-24(31)29(17-18-8-4-3-5-9-18)22-14-12-19-10-6-7-11-20(19)25(21)22/h3-12,14,21H,13,15-17,27H2,1-2H3,(H,28,30). The maximum atomic E-state index is 13.2. The maximum Gasteiger partial charge on any atom is 0.227 e. The highest BCUT2D eigenvalue weighted by Gasteiger charge is 2.31. The topological polar surface area (TPSA) is 75.4 Å². The maximum absolute atomic E-state index is 13.2. The van der Waals surface area contributed by atoms with Gasteiger partial charge in [-0.2, -0.15) is 0 Å². The molecule has 0 bridgehead atoms. The molecule has 3 aromatic carbocycles. The first-order valence-electron chi connectivity index (χ1n) is 10.8. The van der Waals surface area contributed by atoms with Gasteiger partial charge in [-0.3, -0.25) is 9.59 Å². The average Bonchev–Trinajstić information content (AvgIpc) is 2.85. The van der Waals surface area contributed by atoms with Gasteiger partial charge in [-0.25, -0.2) is 0 Å². The van der Waals surface area contributed by atoms with E-state index in [2.05, 4.69) is 17.4 Å². The first kappa shape index (κ1) is 21.1. The molecule has 0 aromatic heterocycles. The molecule has 31 heavy (non-hydrogen) atoms. The van der Waals surface area contributed by atoms with Gasteiger partial charge in [-0.05, 0) is 42.7 Å². The zero-order chi connectivity index (χ0) is 22.0. The minimum atomic E-state index is -0.592. The van der Waals surface area contributed by atoms with Crippen LogP contribution in [0.4, 0.5) is 5.69 Å². The predicted octanol–water partition coefficient (Wildman–Crippen LogP) is 4.45. The summed E-state index contributed by atoms with van der Waals surface area (Å²) in [4.78, 5) is 27.8. The molecule has 1 aliphatic heterocycles. The zero-order valence-corrected chi connectivity index (χ0v) is 18.1. The van der Waals surface area contributed by atoms with Crippen molar-refractivity contribution in [2.75, 3.05) is 4.90 Å². The Morgan fingerprint density at radius 1 is 1.06 bits per heavy atom. The first-order valence-corrected chi connectivity index (χ1v) is 10.8. The van der Waals surface area contributed by atoms with E-state index in [1.165, 1.54) is 0 Å². The number of amides is 2. The molecular formula is C26H29N3O2. The minimum Gasteiger partial charge on any atom is -0.349 e. The number of fused-ring (bicyclic) bond motifs is 3. The molecule has 5 nitrogen and oxygen atoms in total. The lowest BCUT2D eigenvalue weighted by atomic mass is 9.94. The van der Waals surface area contributed by atoms with Crippen LogP contribution >= 0.6 is 0 Å². The summed E-state index contributed by atoms with van der Waals surface area (Å²) < 4.78 is 0. The Hall–Kier alpha value is -3.18. The van der Waals surface area contributed by atoms with Crippen molar-refractivity contribution in [3.63, 3.8) is 0 Å². The SMILES string of the molecule is CC(C)(N)CC(=O)NC1CCC(=O)N(Cc2ccccc2)c2ccc3ccccc3c21. The molecule has 0 saturated heterocycles. The molecule has 0 radical (unpaired) electrons. The third kappa shape index (κ3) is 4.78. The van der Waals surface area contributed by atoms with Crippen LogP contribution in [0.1, 0.15) is 50.3 Å². The summed E-state index contributed by atoms with van der Waals surface area (Å²) in [5.41, 5.74) is 8.41. The Labute approximate surface area is 183 Å². The van der Waals surface area contributed by atoms with Crippen molar-refractivity contribution in [2.24, 2.45) is 5.73 Å². The summed E-state index contributed by atoms with van der Waals surface area (Å²) in [6.07, 6.45) is 1.15. The van der Waals surface area contributed by atoms with Gasteiger partial charge in [-0.15, -0.1) is 0 Å². The molecule has 1 unspecified atom stereocenters. The number of anilines is 1. The number of nitrogens with one attached hydrogen (secondary N) is 1. The van der Waals surface area contributed by atoms with Gasteiger partial charge in [0.15, 0.2) is 0 Å². The molecule has 2 amide bonds. The van der Waals surface area contributed by atoms with Crippen molar-refractivity contribution in [3.8, 4) is 0 Å². The van der Waals surface area contributed by atoms with Gasteiger partial charge >= 0.3 is 0 Å². The van der Waals surface area contributed by atoms with Crippen molar-refractivity contribution in [2.45, 2.75) is 51.2 Å². The molecule has 4 rings (SSSR count). The predicted molar refractivity (Wildman–Crippen MR) is 125 cm³/mol. The van der Waals surface area contributed by atoms with Gasteiger partial charge in [-0.1, -0.05) is 60.7 Å². The molecule has 0 saturated carbocycles. The third-order valence-corrected chi connectivity index (χ3v) is 5.67. The number of hydrogen-bond donors (Lipinski definition) is 2. The lowest BCUT2D eigenvalue weighted by molar-refractivity contribution is -0.123. The molecule has 1 atom stereocenters. The summed E-state index contributed by atoms with van der Waals surface area (Å²) >= 11 is 0. The Morgan fingerprint density at radius 3 is 2.52 bits per heavy atom. The molecule has 3 aromatic rings. The van der Waals surface area contributed by atoms with Crippen molar-refractivity contribution >= 4 is 28.3 Å². The highest BCUT2D eigenvalue weighted by molar-refractivity contribution is 6.00. The lowest BCUT2D eigenvalue weighted by Gasteiger charge is -2.27. The lowest BCUT2D eigenvalue weighted by Crippen LogP contribution is -2.40. The van der Waals surface area contributed by atoms with Gasteiger partial charge < -0.3 is 16.0 Å². The summed E-state index contributed by atoms with van der Waals surface area (Å²) in [5, 5.41) is 5.32. The average molecular weight is 416 g/mol. The van der Waals surface area contributed by atoms with Crippen molar-refractivity contribution in [1.82, 2.24) is 5.32 Å². The highest BCUT2D eigenvalue weighted by atomic mass is 16.2. The summed E-state index contributed by atoms with van der Waals surface area (Å²) in [7, 11) is 0. The quantitative estimate of drug-likeness (QED) is 0.646. The van der Waals surface area contributed by atoms with Crippen LogP contribution in [-0.2, 0) is 16.1 Å². The fourth-order valence-corrected chi connectivity index (χ4v) is 4.31. The Kier molecular flexibility index (Phi) is 5.79. The zero-order valence-electron chi connectivity index (χ0n) is 18.1. The largest absolute Gasteiger partial charge is 0.349 e. The van der Waals surface area contributed by atoms with E-state index in [9.17, 15) is 9.59 Å². The van der Waals surface area contributed by atoms with Crippen LogP contribution in [0.5, 0.6) is 0 Å². The number of carbonyl (C=O) groups excluding carboxylic acids is 2. The van der Waals surface area contributed by atoms with E-state index in [1.54, 1.807) is 0 Å². The van der Waals surface area contributed by atoms with E-state index in [-0.39, 0.29) is 24.3 Å². The van der Waals surface area contributed by atoms with Gasteiger partial charge in [0.25, 0.3) is 0 Å². The third-order valence-electron chi connectivity index (χ3n) is 5.67. The van der Waals surface area contributed by atoms with E-state index in [1.807, 2.05) is 73.3 Å². The van der Waals surface area contributed by atoms with E-state index in [0.29, 0.717) is 19.4 Å². The number of nitrogens with zero attached hydrogens (tertiary/aromatic N) is 1. The molecule has 5 heteroatoms. The Balaban J connectivity index is 1.79. The van der Waals surface area contributed by atoms with Crippen LogP contribution < -0.4 is 16.0 Å². The monoisotopic (exact) mass is 415 g/mol. The van der Waals surface area contributed by atoms with E-state index in [0.717, 1.165) is 27.6 Å². The van der Waals surface area contributed by atoms with Crippen LogP contribution in [0.2, 0.25) is 0 Å².